The van der Waals surface area contributed by atoms with Gasteiger partial charge in [0.1, 0.15) is 12.0 Å². The van der Waals surface area contributed by atoms with Gasteiger partial charge in [-0.3, -0.25) is 4.79 Å². The third-order valence-electron chi connectivity index (χ3n) is 1.28. The van der Waals surface area contributed by atoms with Gasteiger partial charge in [-0.05, 0) is 36.5 Å². The van der Waals surface area contributed by atoms with Crippen LogP contribution in [-0.2, 0) is 0 Å². The number of hydrogen-bond donors (Lipinski definition) is 0. The number of hydrogen-bond acceptors (Lipinski definition) is 3. The van der Waals surface area contributed by atoms with Crippen LogP contribution in [0.3, 0.4) is 0 Å². The van der Waals surface area contributed by atoms with Gasteiger partial charge in [0.25, 0.3) is 0 Å². The SMILES string of the molecule is CC(=S)Oc1ccc(C=O)cc1. The lowest BCUT2D eigenvalue weighted by molar-refractivity contribution is 0.112. The molecule has 0 aliphatic carbocycles. The summed E-state index contributed by atoms with van der Waals surface area (Å²) in [6, 6.07) is 6.78. The molecule has 62 valence electrons. The van der Waals surface area contributed by atoms with Crippen molar-refractivity contribution in [2.24, 2.45) is 0 Å². The molecule has 0 saturated heterocycles. The van der Waals surface area contributed by atoms with Crippen molar-refractivity contribution in [3.05, 3.63) is 29.8 Å². The molecule has 0 aliphatic rings. The molecular formula is C9H8O2S. The molecule has 0 amide bonds. The molecule has 0 heterocycles. The van der Waals surface area contributed by atoms with E-state index in [1.807, 2.05) is 0 Å². The minimum absolute atomic E-state index is 0.467. The van der Waals surface area contributed by atoms with Gasteiger partial charge in [-0.25, -0.2) is 0 Å². The molecule has 2 nitrogen and oxygen atoms in total. The van der Waals surface area contributed by atoms with E-state index >= 15 is 0 Å². The maximum absolute atomic E-state index is 10.3. The summed E-state index contributed by atoms with van der Waals surface area (Å²) in [5.74, 6) is 0.660. The highest BCUT2D eigenvalue weighted by atomic mass is 32.1. The summed E-state index contributed by atoms with van der Waals surface area (Å²) < 4.78 is 5.13. The molecule has 0 bridgehead atoms. The normalized spacial score (nSPS) is 9.08. The van der Waals surface area contributed by atoms with Gasteiger partial charge in [0, 0.05) is 12.5 Å². The fourth-order valence-electron chi connectivity index (χ4n) is 0.780. The Kier molecular flexibility index (Phi) is 2.94. The monoisotopic (exact) mass is 180 g/mol. The molecule has 0 saturated carbocycles. The van der Waals surface area contributed by atoms with E-state index in [-0.39, 0.29) is 0 Å². The van der Waals surface area contributed by atoms with Crippen molar-refractivity contribution in [2.45, 2.75) is 6.92 Å². The van der Waals surface area contributed by atoms with Crippen LogP contribution in [0.4, 0.5) is 0 Å². The molecule has 0 fully saturated rings. The van der Waals surface area contributed by atoms with Crippen LogP contribution in [0.1, 0.15) is 17.3 Å². The predicted molar refractivity (Wildman–Crippen MR) is 50.7 cm³/mol. The summed E-state index contributed by atoms with van der Waals surface area (Å²) in [6.07, 6.45) is 0.786. The zero-order valence-corrected chi connectivity index (χ0v) is 7.43. The Balaban J connectivity index is 2.77. The molecule has 0 unspecified atom stereocenters. The van der Waals surface area contributed by atoms with Gasteiger partial charge >= 0.3 is 0 Å². The lowest BCUT2D eigenvalue weighted by Crippen LogP contribution is -1.98. The van der Waals surface area contributed by atoms with Crippen LogP contribution in [-0.4, -0.2) is 11.3 Å². The van der Waals surface area contributed by atoms with Crippen LogP contribution >= 0.6 is 12.2 Å². The van der Waals surface area contributed by atoms with Crippen molar-refractivity contribution in [3.8, 4) is 5.75 Å². The molecule has 0 atom stereocenters. The summed E-state index contributed by atoms with van der Waals surface area (Å²) in [5, 5.41) is 0.467. The van der Waals surface area contributed by atoms with Crippen molar-refractivity contribution < 1.29 is 9.53 Å². The number of carbonyl (C=O) groups excluding carboxylic acids is 1. The fraction of sp³-hybridized carbons (Fsp3) is 0.111. The van der Waals surface area contributed by atoms with Crippen molar-refractivity contribution >= 4 is 23.6 Å². The van der Waals surface area contributed by atoms with E-state index in [1.165, 1.54) is 0 Å². The molecule has 0 N–H and O–H groups in total. The second-order valence-electron chi connectivity index (χ2n) is 2.28. The molecule has 0 radical (unpaired) electrons. The summed E-state index contributed by atoms with van der Waals surface area (Å²) >= 11 is 4.75. The molecule has 3 heteroatoms. The van der Waals surface area contributed by atoms with Crippen LogP contribution < -0.4 is 4.74 Å². The van der Waals surface area contributed by atoms with Crippen LogP contribution in [0.15, 0.2) is 24.3 Å². The van der Waals surface area contributed by atoms with E-state index in [2.05, 4.69) is 0 Å². The van der Waals surface area contributed by atoms with Gasteiger partial charge in [-0.1, -0.05) is 0 Å². The van der Waals surface area contributed by atoms with E-state index in [1.54, 1.807) is 31.2 Å². The van der Waals surface area contributed by atoms with Crippen molar-refractivity contribution in [1.29, 1.82) is 0 Å². The highest BCUT2D eigenvalue weighted by Crippen LogP contribution is 2.11. The van der Waals surface area contributed by atoms with Gasteiger partial charge in [0.05, 0.1) is 0 Å². The highest BCUT2D eigenvalue weighted by Gasteiger charge is 1.94. The first-order valence-corrected chi connectivity index (χ1v) is 3.87. The average Bonchev–Trinajstić information content (AvgIpc) is 2.05. The Labute approximate surface area is 76.2 Å². The van der Waals surface area contributed by atoms with Gasteiger partial charge in [0.2, 0.25) is 0 Å². The second-order valence-corrected chi connectivity index (χ2v) is 2.86. The number of aldehydes is 1. The van der Waals surface area contributed by atoms with Gasteiger partial charge in [0.15, 0.2) is 5.05 Å². The molecule has 0 aromatic heterocycles. The predicted octanol–water partition coefficient (Wildman–Crippen LogP) is 2.23. The molecule has 1 rings (SSSR count). The molecule has 0 spiro atoms. The Morgan fingerprint density at radius 3 is 2.42 bits per heavy atom. The summed E-state index contributed by atoms with van der Waals surface area (Å²) in [7, 11) is 0. The molecule has 1 aromatic rings. The quantitative estimate of drug-likeness (QED) is 0.515. The second kappa shape index (κ2) is 3.97. The first-order chi connectivity index (χ1) is 5.72. The van der Waals surface area contributed by atoms with Crippen LogP contribution in [0.2, 0.25) is 0 Å². The van der Waals surface area contributed by atoms with E-state index in [0.717, 1.165) is 6.29 Å². The average molecular weight is 180 g/mol. The number of ether oxygens (including phenoxy) is 1. The van der Waals surface area contributed by atoms with Crippen molar-refractivity contribution in [3.63, 3.8) is 0 Å². The first-order valence-electron chi connectivity index (χ1n) is 3.46. The lowest BCUT2D eigenvalue weighted by Gasteiger charge is -2.01. The maximum Gasteiger partial charge on any atom is 0.164 e. The van der Waals surface area contributed by atoms with Crippen molar-refractivity contribution in [1.82, 2.24) is 0 Å². The largest absolute Gasteiger partial charge is 0.451 e. The third-order valence-corrected chi connectivity index (χ3v) is 1.36. The minimum atomic E-state index is 0.467. The van der Waals surface area contributed by atoms with Gasteiger partial charge in [-0.15, -0.1) is 0 Å². The molecule has 0 aliphatic heterocycles. The van der Waals surface area contributed by atoms with E-state index in [9.17, 15) is 4.79 Å². The Hall–Kier alpha value is -1.22. The Morgan fingerprint density at radius 2 is 2.00 bits per heavy atom. The third kappa shape index (κ3) is 2.43. The first kappa shape index (κ1) is 8.87. The van der Waals surface area contributed by atoms with E-state index in [4.69, 9.17) is 17.0 Å². The number of carbonyl (C=O) groups is 1. The number of rotatable bonds is 2. The molecular weight excluding hydrogens is 172 g/mol. The summed E-state index contributed by atoms with van der Waals surface area (Å²) in [6.45, 7) is 1.70. The molecule has 1 aromatic carbocycles. The number of benzene rings is 1. The van der Waals surface area contributed by atoms with Crippen LogP contribution in [0, 0.1) is 0 Å². The zero-order valence-electron chi connectivity index (χ0n) is 6.61. The van der Waals surface area contributed by atoms with Gasteiger partial charge < -0.3 is 4.74 Å². The summed E-state index contributed by atoms with van der Waals surface area (Å²) in [5.41, 5.74) is 0.629. The summed E-state index contributed by atoms with van der Waals surface area (Å²) in [4.78, 5) is 10.3. The zero-order chi connectivity index (χ0) is 8.97. The Bertz CT molecular complexity index is 290. The van der Waals surface area contributed by atoms with Crippen LogP contribution in [0.25, 0.3) is 0 Å². The minimum Gasteiger partial charge on any atom is -0.451 e. The molecule has 12 heavy (non-hydrogen) atoms. The number of thiocarbonyl (C=S) groups is 1. The standard InChI is InChI=1S/C9H8O2S/c1-7(12)11-9-4-2-8(6-10)3-5-9/h2-6H,1H3. The fourth-order valence-corrected chi connectivity index (χ4v) is 0.877. The smallest absolute Gasteiger partial charge is 0.164 e. The Morgan fingerprint density at radius 1 is 1.42 bits per heavy atom. The van der Waals surface area contributed by atoms with Gasteiger partial charge in [-0.2, -0.15) is 0 Å². The topological polar surface area (TPSA) is 26.3 Å². The van der Waals surface area contributed by atoms with Crippen molar-refractivity contribution in [2.75, 3.05) is 0 Å². The van der Waals surface area contributed by atoms with E-state index < -0.39 is 0 Å². The van der Waals surface area contributed by atoms with Crippen LogP contribution in [0.5, 0.6) is 5.75 Å². The van der Waals surface area contributed by atoms with E-state index in [0.29, 0.717) is 16.4 Å². The maximum atomic E-state index is 10.3. The highest BCUT2D eigenvalue weighted by molar-refractivity contribution is 7.80. The lowest BCUT2D eigenvalue weighted by atomic mass is 10.2.